The maximum absolute atomic E-state index is 10.7. The van der Waals surface area contributed by atoms with E-state index in [9.17, 15) is 4.79 Å². The van der Waals surface area contributed by atoms with Crippen LogP contribution in [-0.2, 0) is 0 Å². The monoisotopic (exact) mass is 226 g/mol. The van der Waals surface area contributed by atoms with Gasteiger partial charge in [-0.15, -0.1) is 0 Å². The SMILES string of the molecule is O=[C]([SnH])c1ccccc1. The Balaban J connectivity index is 2.98. The van der Waals surface area contributed by atoms with Crippen LogP contribution in [0.25, 0.3) is 0 Å². The summed E-state index contributed by atoms with van der Waals surface area (Å²) in [5.41, 5.74) is 0.833. The Bertz CT molecular complexity index is 205. The van der Waals surface area contributed by atoms with E-state index >= 15 is 0 Å². The van der Waals surface area contributed by atoms with Crippen LogP contribution in [0.5, 0.6) is 0 Å². The average molecular weight is 225 g/mol. The molecule has 1 rings (SSSR count). The molecule has 0 saturated heterocycles. The number of carbonyl (C=O) groups is 1. The number of benzene rings is 1. The summed E-state index contributed by atoms with van der Waals surface area (Å²) < 4.78 is 0.251. The molecular weight excluding hydrogens is 219 g/mol. The first-order valence-electron chi connectivity index (χ1n) is 2.65. The van der Waals surface area contributed by atoms with E-state index in [-0.39, 0.29) is 3.80 Å². The van der Waals surface area contributed by atoms with Crippen molar-refractivity contribution in [1.29, 1.82) is 0 Å². The molecule has 0 aliphatic rings. The normalized spacial score (nSPS) is 9.00. The summed E-state index contributed by atoms with van der Waals surface area (Å²) in [6, 6.07) is 9.35. The molecule has 0 aliphatic carbocycles. The Kier molecular flexibility index (Phi) is 2.28. The molecule has 0 unspecified atom stereocenters. The summed E-state index contributed by atoms with van der Waals surface area (Å²) in [5.74, 6) is 0. The molecule has 44 valence electrons. The second-order valence-corrected chi connectivity index (χ2v) is 3.23. The molecule has 0 amide bonds. The molecule has 9 heavy (non-hydrogen) atoms. The fraction of sp³-hybridized carbons (Fsp3) is 0. The van der Waals surface area contributed by atoms with Gasteiger partial charge in [0.2, 0.25) is 0 Å². The third-order valence-electron chi connectivity index (χ3n) is 1.06. The Morgan fingerprint density at radius 2 is 1.78 bits per heavy atom. The van der Waals surface area contributed by atoms with Crippen LogP contribution in [0.1, 0.15) is 10.4 Å². The van der Waals surface area contributed by atoms with Crippen LogP contribution >= 0.6 is 0 Å². The van der Waals surface area contributed by atoms with E-state index < -0.39 is 0 Å². The first kappa shape index (κ1) is 6.80. The predicted octanol–water partition coefficient (Wildman–Crippen LogP) is 0.728. The summed E-state index contributed by atoms with van der Waals surface area (Å²) >= 11 is 0.678. The number of hydrogen-bond donors (Lipinski definition) is 0. The summed E-state index contributed by atoms with van der Waals surface area (Å²) in [7, 11) is 0. The molecule has 0 aliphatic heterocycles. The van der Waals surface area contributed by atoms with E-state index in [1.54, 1.807) is 0 Å². The first-order chi connectivity index (χ1) is 4.30. The van der Waals surface area contributed by atoms with Crippen molar-refractivity contribution in [2.75, 3.05) is 0 Å². The van der Waals surface area contributed by atoms with Gasteiger partial charge in [0.05, 0.1) is 0 Å². The van der Waals surface area contributed by atoms with E-state index in [0.29, 0.717) is 22.5 Å². The fourth-order valence-corrected chi connectivity index (χ4v) is 1.15. The third-order valence-corrected chi connectivity index (χ3v) is 2.01. The van der Waals surface area contributed by atoms with Gasteiger partial charge in [0, 0.05) is 0 Å². The number of rotatable bonds is 1. The van der Waals surface area contributed by atoms with Crippen molar-refractivity contribution in [3.8, 4) is 0 Å². The molecule has 1 nitrogen and oxygen atoms in total. The Labute approximate surface area is 67.2 Å². The summed E-state index contributed by atoms with van der Waals surface area (Å²) in [6.45, 7) is 0. The molecule has 0 heterocycles. The van der Waals surface area contributed by atoms with Crippen molar-refractivity contribution in [2.45, 2.75) is 0 Å². The van der Waals surface area contributed by atoms with E-state index in [1.165, 1.54) is 0 Å². The van der Waals surface area contributed by atoms with Crippen LogP contribution in [0.15, 0.2) is 30.3 Å². The quantitative estimate of drug-likeness (QED) is 0.643. The van der Waals surface area contributed by atoms with Gasteiger partial charge in [-0.1, -0.05) is 0 Å². The summed E-state index contributed by atoms with van der Waals surface area (Å²) in [4.78, 5) is 10.7. The molecule has 2 heteroatoms. The van der Waals surface area contributed by atoms with E-state index in [4.69, 9.17) is 0 Å². The molecule has 0 N–H and O–H groups in total. The van der Waals surface area contributed by atoms with Gasteiger partial charge in [0.15, 0.2) is 0 Å². The molecule has 1 aromatic rings. The van der Waals surface area contributed by atoms with Crippen molar-refractivity contribution < 1.29 is 4.79 Å². The minimum atomic E-state index is 0.251. The van der Waals surface area contributed by atoms with Gasteiger partial charge >= 0.3 is 67.0 Å². The zero-order valence-electron chi connectivity index (χ0n) is 4.87. The van der Waals surface area contributed by atoms with Crippen LogP contribution in [0, 0.1) is 0 Å². The molecule has 1 aromatic carbocycles. The molecular formula is C7H6OSn. The van der Waals surface area contributed by atoms with Gasteiger partial charge in [-0.25, -0.2) is 0 Å². The average Bonchev–Trinajstić information content (AvgIpc) is 1.90. The first-order valence-corrected chi connectivity index (χ1v) is 4.30. The third kappa shape index (κ3) is 1.82. The van der Waals surface area contributed by atoms with Crippen molar-refractivity contribution >= 4 is 26.3 Å². The van der Waals surface area contributed by atoms with Crippen LogP contribution in [0.3, 0.4) is 0 Å². The van der Waals surface area contributed by atoms with E-state index in [1.807, 2.05) is 30.3 Å². The Morgan fingerprint density at radius 1 is 1.22 bits per heavy atom. The number of hydrogen-bond acceptors (Lipinski definition) is 1. The molecule has 0 aromatic heterocycles. The summed E-state index contributed by atoms with van der Waals surface area (Å²) in [6.07, 6.45) is 0. The zero-order chi connectivity index (χ0) is 6.69. The van der Waals surface area contributed by atoms with Gasteiger partial charge in [-0.2, -0.15) is 0 Å². The Hall–Kier alpha value is -0.311. The summed E-state index contributed by atoms with van der Waals surface area (Å²) in [5, 5.41) is 0. The molecule has 0 bridgehead atoms. The molecule has 0 atom stereocenters. The van der Waals surface area contributed by atoms with E-state index in [0.717, 1.165) is 5.56 Å². The molecule has 2 radical (unpaired) electrons. The number of carbonyl (C=O) groups excluding carboxylic acids is 1. The van der Waals surface area contributed by atoms with Gasteiger partial charge in [-0.3, -0.25) is 0 Å². The molecule has 0 spiro atoms. The maximum atomic E-state index is 10.7. The second-order valence-electron chi connectivity index (χ2n) is 1.73. The van der Waals surface area contributed by atoms with Crippen LogP contribution in [0.2, 0.25) is 0 Å². The van der Waals surface area contributed by atoms with Crippen LogP contribution in [0.4, 0.5) is 0 Å². The van der Waals surface area contributed by atoms with Gasteiger partial charge in [-0.05, 0) is 0 Å². The predicted molar refractivity (Wildman–Crippen MR) is 37.9 cm³/mol. The van der Waals surface area contributed by atoms with Gasteiger partial charge < -0.3 is 0 Å². The van der Waals surface area contributed by atoms with Gasteiger partial charge in [0.25, 0.3) is 0 Å². The van der Waals surface area contributed by atoms with Crippen molar-refractivity contribution in [3.05, 3.63) is 35.9 Å². The van der Waals surface area contributed by atoms with Crippen molar-refractivity contribution in [2.24, 2.45) is 0 Å². The topological polar surface area (TPSA) is 17.1 Å². The Morgan fingerprint density at radius 3 is 2.11 bits per heavy atom. The molecule has 0 fully saturated rings. The van der Waals surface area contributed by atoms with Gasteiger partial charge in [0.1, 0.15) is 0 Å². The minimum absolute atomic E-state index is 0.251. The van der Waals surface area contributed by atoms with Crippen molar-refractivity contribution in [1.82, 2.24) is 0 Å². The van der Waals surface area contributed by atoms with Crippen LogP contribution < -0.4 is 0 Å². The molecule has 0 saturated carbocycles. The second kappa shape index (κ2) is 3.01. The zero-order valence-corrected chi connectivity index (χ0v) is 8.17. The van der Waals surface area contributed by atoms with Crippen molar-refractivity contribution in [3.63, 3.8) is 0 Å². The van der Waals surface area contributed by atoms with Crippen LogP contribution in [-0.4, -0.2) is 26.3 Å². The fourth-order valence-electron chi connectivity index (χ4n) is 0.602. The van der Waals surface area contributed by atoms with E-state index in [2.05, 4.69) is 0 Å². The standard InChI is InChI=1S/C7H5O.Sn.H/c8-6-7-4-2-1-3-5-7;;/h1-5H;;.